The second-order valence-corrected chi connectivity index (χ2v) is 5.36. The smallest absolute Gasteiger partial charge is 0.108 e. The van der Waals surface area contributed by atoms with Gasteiger partial charge in [-0.3, -0.25) is 5.32 Å². The first-order chi connectivity index (χ1) is 8.03. The third kappa shape index (κ3) is 3.95. The quantitative estimate of drug-likeness (QED) is 0.760. The average molecular weight is 239 g/mol. The highest BCUT2D eigenvalue weighted by Crippen LogP contribution is 2.32. The summed E-state index contributed by atoms with van der Waals surface area (Å²) in [6.07, 6.45) is 2.96. The molecule has 4 nitrogen and oxygen atoms in total. The zero-order valence-electron chi connectivity index (χ0n) is 11.5. The largest absolute Gasteiger partial charge is 0.383 e. The van der Waals surface area contributed by atoms with Crippen LogP contribution >= 0.6 is 0 Å². The summed E-state index contributed by atoms with van der Waals surface area (Å²) >= 11 is 0. The molecular weight excluding hydrogens is 214 g/mol. The van der Waals surface area contributed by atoms with Gasteiger partial charge in [0.25, 0.3) is 0 Å². The lowest BCUT2D eigenvalue weighted by Gasteiger charge is -2.28. The summed E-state index contributed by atoms with van der Waals surface area (Å²) in [5.41, 5.74) is -0.319. The van der Waals surface area contributed by atoms with Crippen LogP contribution in [0.1, 0.15) is 33.1 Å². The molecule has 0 aliphatic heterocycles. The Bertz CT molecular complexity index is 274. The molecule has 4 heteroatoms. The highest BCUT2D eigenvalue weighted by atomic mass is 16.5. The maximum atomic E-state index is 9.39. The number of nitrogens with one attached hydrogen (secondary N) is 1. The SMILES string of the molecule is COCCN(C)C1CCC(C#N)(NC(C)C)C1. The monoisotopic (exact) mass is 239 g/mol. The van der Waals surface area contributed by atoms with Crippen LogP contribution in [-0.2, 0) is 4.74 Å². The van der Waals surface area contributed by atoms with Crippen LogP contribution in [0, 0.1) is 11.3 Å². The number of nitrogens with zero attached hydrogens (tertiary/aromatic N) is 2. The molecule has 0 aromatic carbocycles. The molecule has 1 aliphatic carbocycles. The zero-order chi connectivity index (χ0) is 12.9. The number of rotatable bonds is 6. The molecule has 0 aromatic rings. The molecule has 0 aromatic heterocycles. The highest BCUT2D eigenvalue weighted by molar-refractivity contribution is 5.13. The van der Waals surface area contributed by atoms with Crippen molar-refractivity contribution >= 4 is 0 Å². The molecule has 0 saturated heterocycles. The van der Waals surface area contributed by atoms with E-state index in [-0.39, 0.29) is 5.54 Å². The molecule has 98 valence electrons. The van der Waals surface area contributed by atoms with Crippen LogP contribution in [0.3, 0.4) is 0 Å². The Labute approximate surface area is 105 Å². The van der Waals surface area contributed by atoms with Gasteiger partial charge in [-0.05, 0) is 40.2 Å². The molecule has 17 heavy (non-hydrogen) atoms. The van der Waals surface area contributed by atoms with Gasteiger partial charge in [-0.1, -0.05) is 0 Å². The number of hydrogen-bond donors (Lipinski definition) is 1. The lowest BCUT2D eigenvalue weighted by atomic mass is 9.98. The van der Waals surface area contributed by atoms with Gasteiger partial charge in [-0.2, -0.15) is 5.26 Å². The summed E-state index contributed by atoms with van der Waals surface area (Å²) in [5, 5.41) is 12.8. The zero-order valence-corrected chi connectivity index (χ0v) is 11.5. The molecule has 0 radical (unpaired) electrons. The average Bonchev–Trinajstić information content (AvgIpc) is 2.70. The maximum absolute atomic E-state index is 9.39. The first-order valence-electron chi connectivity index (χ1n) is 6.41. The van der Waals surface area contributed by atoms with Gasteiger partial charge in [-0.15, -0.1) is 0 Å². The summed E-state index contributed by atoms with van der Waals surface area (Å²) < 4.78 is 5.09. The third-order valence-electron chi connectivity index (χ3n) is 3.54. The lowest BCUT2D eigenvalue weighted by Crippen LogP contribution is -2.47. The Morgan fingerprint density at radius 2 is 2.29 bits per heavy atom. The molecule has 1 fully saturated rings. The standard InChI is InChI=1S/C13H25N3O/c1-11(2)15-13(10-14)6-5-12(9-13)16(3)7-8-17-4/h11-12,15H,5-9H2,1-4H3. The van der Waals surface area contributed by atoms with Crippen LogP contribution in [0.4, 0.5) is 0 Å². The van der Waals surface area contributed by atoms with E-state index in [1.165, 1.54) is 0 Å². The van der Waals surface area contributed by atoms with Crippen molar-refractivity contribution in [2.75, 3.05) is 27.3 Å². The van der Waals surface area contributed by atoms with E-state index in [1.807, 2.05) is 0 Å². The fourth-order valence-corrected chi connectivity index (χ4v) is 2.63. The van der Waals surface area contributed by atoms with Gasteiger partial charge in [-0.25, -0.2) is 0 Å². The van der Waals surface area contributed by atoms with Gasteiger partial charge >= 0.3 is 0 Å². The van der Waals surface area contributed by atoms with E-state index >= 15 is 0 Å². The minimum atomic E-state index is -0.319. The number of nitriles is 1. The van der Waals surface area contributed by atoms with Crippen LogP contribution in [0.15, 0.2) is 0 Å². The first kappa shape index (κ1) is 14.4. The Morgan fingerprint density at radius 1 is 1.59 bits per heavy atom. The predicted octanol–water partition coefficient (Wildman–Crippen LogP) is 1.38. The molecule has 1 rings (SSSR count). The Kier molecular flexibility index (Phi) is 5.38. The van der Waals surface area contributed by atoms with E-state index in [4.69, 9.17) is 4.74 Å². The van der Waals surface area contributed by atoms with Crippen molar-refractivity contribution in [2.24, 2.45) is 0 Å². The number of ether oxygens (including phenoxy) is 1. The molecule has 1 aliphatic rings. The van der Waals surface area contributed by atoms with Gasteiger partial charge in [0.2, 0.25) is 0 Å². The Hall–Kier alpha value is -0.630. The van der Waals surface area contributed by atoms with E-state index in [0.717, 1.165) is 32.4 Å². The Balaban J connectivity index is 2.52. The van der Waals surface area contributed by atoms with Crippen LogP contribution in [0.25, 0.3) is 0 Å². The van der Waals surface area contributed by atoms with E-state index in [9.17, 15) is 5.26 Å². The van der Waals surface area contributed by atoms with Crippen LogP contribution in [0.5, 0.6) is 0 Å². The predicted molar refractivity (Wildman–Crippen MR) is 68.8 cm³/mol. The van der Waals surface area contributed by atoms with E-state index in [2.05, 4.69) is 37.2 Å². The minimum absolute atomic E-state index is 0.319. The van der Waals surface area contributed by atoms with Gasteiger partial charge < -0.3 is 9.64 Å². The molecular formula is C13H25N3O. The molecule has 1 N–H and O–H groups in total. The topological polar surface area (TPSA) is 48.3 Å². The van der Waals surface area contributed by atoms with Crippen molar-refractivity contribution in [2.45, 2.75) is 50.7 Å². The molecule has 0 heterocycles. The van der Waals surface area contributed by atoms with E-state index in [1.54, 1.807) is 7.11 Å². The fraction of sp³-hybridized carbons (Fsp3) is 0.923. The molecule has 1 saturated carbocycles. The summed E-state index contributed by atoms with van der Waals surface area (Å²) in [6.45, 7) is 5.89. The van der Waals surface area contributed by atoms with Crippen LogP contribution < -0.4 is 5.32 Å². The summed E-state index contributed by atoms with van der Waals surface area (Å²) in [6, 6.07) is 3.34. The molecule has 2 atom stereocenters. The molecule has 2 unspecified atom stereocenters. The highest BCUT2D eigenvalue weighted by Gasteiger charge is 2.40. The van der Waals surface area contributed by atoms with E-state index in [0.29, 0.717) is 12.1 Å². The summed E-state index contributed by atoms with van der Waals surface area (Å²) in [4.78, 5) is 2.31. The van der Waals surface area contributed by atoms with Gasteiger partial charge in [0.1, 0.15) is 5.54 Å². The minimum Gasteiger partial charge on any atom is -0.383 e. The van der Waals surface area contributed by atoms with Gasteiger partial charge in [0, 0.05) is 25.7 Å². The van der Waals surface area contributed by atoms with E-state index < -0.39 is 0 Å². The van der Waals surface area contributed by atoms with Gasteiger partial charge in [0.15, 0.2) is 0 Å². The fourth-order valence-electron chi connectivity index (χ4n) is 2.63. The van der Waals surface area contributed by atoms with Crippen LogP contribution in [0.2, 0.25) is 0 Å². The second kappa shape index (κ2) is 6.34. The number of methoxy groups -OCH3 is 1. The van der Waals surface area contributed by atoms with Crippen molar-refractivity contribution in [3.05, 3.63) is 0 Å². The normalized spacial score (nSPS) is 28.9. The van der Waals surface area contributed by atoms with Crippen molar-refractivity contribution in [1.29, 1.82) is 5.26 Å². The van der Waals surface area contributed by atoms with Crippen molar-refractivity contribution in [1.82, 2.24) is 10.2 Å². The maximum Gasteiger partial charge on any atom is 0.108 e. The van der Waals surface area contributed by atoms with Crippen molar-refractivity contribution < 1.29 is 4.74 Å². The first-order valence-corrected chi connectivity index (χ1v) is 6.41. The van der Waals surface area contributed by atoms with Crippen molar-refractivity contribution in [3.63, 3.8) is 0 Å². The molecule has 0 spiro atoms. The lowest BCUT2D eigenvalue weighted by molar-refractivity contribution is 0.137. The number of hydrogen-bond acceptors (Lipinski definition) is 4. The van der Waals surface area contributed by atoms with Crippen LogP contribution in [-0.4, -0.2) is 49.8 Å². The Morgan fingerprint density at radius 3 is 2.82 bits per heavy atom. The summed E-state index contributed by atoms with van der Waals surface area (Å²) in [7, 11) is 3.84. The summed E-state index contributed by atoms with van der Waals surface area (Å²) in [5.74, 6) is 0. The van der Waals surface area contributed by atoms with Gasteiger partial charge in [0.05, 0.1) is 12.7 Å². The van der Waals surface area contributed by atoms with Crippen molar-refractivity contribution in [3.8, 4) is 6.07 Å². The molecule has 0 amide bonds. The number of likely N-dealkylation sites (N-methyl/N-ethyl adjacent to an activating group) is 1. The third-order valence-corrected chi connectivity index (χ3v) is 3.54. The second-order valence-electron chi connectivity index (χ2n) is 5.36. The molecule has 0 bridgehead atoms.